The van der Waals surface area contributed by atoms with Gasteiger partial charge < -0.3 is 10.1 Å². The van der Waals surface area contributed by atoms with E-state index in [9.17, 15) is 0 Å². The highest BCUT2D eigenvalue weighted by Crippen LogP contribution is 2.07. The van der Waals surface area contributed by atoms with Gasteiger partial charge in [0.05, 0.1) is 6.10 Å². The van der Waals surface area contributed by atoms with Crippen molar-refractivity contribution in [3.05, 3.63) is 0 Å². The maximum atomic E-state index is 5.69. The minimum absolute atomic E-state index is 0.407. The zero-order valence-electron chi connectivity index (χ0n) is 9.76. The molecule has 0 bridgehead atoms. The summed E-state index contributed by atoms with van der Waals surface area (Å²) in [7, 11) is 1.99. The summed E-state index contributed by atoms with van der Waals surface area (Å²) in [4.78, 5) is 0. The lowest BCUT2D eigenvalue weighted by atomic mass is 10.1. The van der Waals surface area contributed by atoms with Crippen molar-refractivity contribution in [2.75, 3.05) is 13.7 Å². The van der Waals surface area contributed by atoms with E-state index in [2.05, 4.69) is 33.0 Å². The van der Waals surface area contributed by atoms with Gasteiger partial charge >= 0.3 is 0 Å². The van der Waals surface area contributed by atoms with E-state index < -0.39 is 0 Å². The van der Waals surface area contributed by atoms with Crippen LogP contribution in [-0.4, -0.2) is 25.8 Å². The Bertz CT molecular complexity index is 115. The minimum Gasteiger partial charge on any atom is -0.378 e. The molecule has 0 rings (SSSR count). The van der Waals surface area contributed by atoms with Crippen LogP contribution in [0.1, 0.15) is 40.5 Å². The third-order valence-electron chi connectivity index (χ3n) is 2.25. The van der Waals surface area contributed by atoms with Gasteiger partial charge in [-0.15, -0.1) is 0 Å². The van der Waals surface area contributed by atoms with Crippen LogP contribution in [0, 0.1) is 5.92 Å². The Morgan fingerprint density at radius 3 is 2.23 bits per heavy atom. The van der Waals surface area contributed by atoms with Crippen LogP contribution in [0.3, 0.4) is 0 Å². The summed E-state index contributed by atoms with van der Waals surface area (Å²) in [6, 6.07) is 0.561. The molecule has 0 aromatic heterocycles. The largest absolute Gasteiger partial charge is 0.378 e. The summed E-state index contributed by atoms with van der Waals surface area (Å²) in [6.45, 7) is 9.67. The van der Waals surface area contributed by atoms with Gasteiger partial charge in [-0.1, -0.05) is 13.8 Å². The maximum Gasteiger partial charge on any atom is 0.0549 e. The topological polar surface area (TPSA) is 21.3 Å². The zero-order valence-corrected chi connectivity index (χ0v) is 9.76. The van der Waals surface area contributed by atoms with E-state index in [1.54, 1.807) is 0 Å². The fourth-order valence-corrected chi connectivity index (χ4v) is 1.32. The monoisotopic (exact) mass is 187 g/mol. The molecule has 80 valence electrons. The molecule has 0 saturated carbocycles. The first-order valence-corrected chi connectivity index (χ1v) is 5.35. The Labute approximate surface area is 83.1 Å². The summed E-state index contributed by atoms with van der Waals surface area (Å²) in [6.07, 6.45) is 2.66. The van der Waals surface area contributed by atoms with Gasteiger partial charge in [0.2, 0.25) is 0 Å². The number of ether oxygens (including phenoxy) is 1. The average molecular weight is 187 g/mol. The van der Waals surface area contributed by atoms with E-state index in [1.807, 2.05) is 7.05 Å². The first kappa shape index (κ1) is 12.9. The van der Waals surface area contributed by atoms with Crippen LogP contribution in [0.15, 0.2) is 0 Å². The predicted molar refractivity (Wildman–Crippen MR) is 58.0 cm³/mol. The van der Waals surface area contributed by atoms with Crippen molar-refractivity contribution in [3.8, 4) is 0 Å². The molecule has 1 N–H and O–H groups in total. The summed E-state index contributed by atoms with van der Waals surface area (Å²) in [5.41, 5.74) is 0. The summed E-state index contributed by atoms with van der Waals surface area (Å²) >= 11 is 0. The highest BCUT2D eigenvalue weighted by molar-refractivity contribution is 4.58. The van der Waals surface area contributed by atoms with Crippen molar-refractivity contribution in [2.45, 2.75) is 52.7 Å². The lowest BCUT2D eigenvalue weighted by Crippen LogP contribution is -2.24. The number of rotatable bonds is 7. The van der Waals surface area contributed by atoms with Crippen molar-refractivity contribution in [3.63, 3.8) is 0 Å². The minimum atomic E-state index is 0.407. The fraction of sp³-hybridized carbons (Fsp3) is 1.00. The normalized spacial score (nSPS) is 16.2. The van der Waals surface area contributed by atoms with Gasteiger partial charge in [0.25, 0.3) is 0 Å². The second kappa shape index (κ2) is 7.34. The van der Waals surface area contributed by atoms with Crippen LogP contribution >= 0.6 is 0 Å². The molecule has 0 spiro atoms. The summed E-state index contributed by atoms with van der Waals surface area (Å²) in [5.74, 6) is 0.733. The van der Waals surface area contributed by atoms with Gasteiger partial charge in [-0.3, -0.25) is 0 Å². The van der Waals surface area contributed by atoms with Crippen LogP contribution < -0.4 is 5.32 Å². The van der Waals surface area contributed by atoms with E-state index in [0.717, 1.165) is 25.4 Å². The van der Waals surface area contributed by atoms with Crippen LogP contribution in [0.2, 0.25) is 0 Å². The van der Waals surface area contributed by atoms with E-state index in [-0.39, 0.29) is 0 Å². The molecular weight excluding hydrogens is 162 g/mol. The zero-order chi connectivity index (χ0) is 10.3. The Morgan fingerprint density at radius 2 is 1.77 bits per heavy atom. The van der Waals surface area contributed by atoms with Crippen LogP contribution in [0.4, 0.5) is 0 Å². The first-order valence-electron chi connectivity index (χ1n) is 5.35. The molecule has 2 nitrogen and oxygen atoms in total. The molecule has 2 unspecified atom stereocenters. The summed E-state index contributed by atoms with van der Waals surface area (Å²) < 4.78 is 5.69. The lowest BCUT2D eigenvalue weighted by Gasteiger charge is -2.16. The standard InChI is InChI=1S/C11H25NO/c1-9(2)8-11(4)13-7-6-10(3)12-5/h9-12H,6-8H2,1-5H3. The first-order chi connectivity index (χ1) is 6.06. The SMILES string of the molecule is CNC(C)CCOC(C)CC(C)C. The summed E-state index contributed by atoms with van der Waals surface area (Å²) in [5, 5.41) is 3.20. The smallest absolute Gasteiger partial charge is 0.0549 e. The third kappa shape index (κ3) is 8.26. The number of nitrogens with one attached hydrogen (secondary N) is 1. The van der Waals surface area contributed by atoms with E-state index >= 15 is 0 Å². The van der Waals surface area contributed by atoms with E-state index in [1.165, 1.54) is 0 Å². The molecule has 0 aliphatic carbocycles. The maximum absolute atomic E-state index is 5.69. The predicted octanol–water partition coefficient (Wildman–Crippen LogP) is 2.44. The van der Waals surface area contributed by atoms with Crippen LogP contribution in [0.5, 0.6) is 0 Å². The van der Waals surface area contributed by atoms with Gasteiger partial charge in [-0.2, -0.15) is 0 Å². The number of hydrogen-bond acceptors (Lipinski definition) is 2. The average Bonchev–Trinajstić information content (AvgIpc) is 2.02. The lowest BCUT2D eigenvalue weighted by molar-refractivity contribution is 0.0472. The van der Waals surface area contributed by atoms with Crippen molar-refractivity contribution in [1.29, 1.82) is 0 Å². The number of hydrogen-bond donors (Lipinski definition) is 1. The Morgan fingerprint density at radius 1 is 1.15 bits per heavy atom. The molecule has 13 heavy (non-hydrogen) atoms. The molecule has 0 aromatic carbocycles. The van der Waals surface area contributed by atoms with E-state index in [0.29, 0.717) is 12.1 Å². The highest BCUT2D eigenvalue weighted by Gasteiger charge is 2.05. The van der Waals surface area contributed by atoms with Crippen molar-refractivity contribution in [1.82, 2.24) is 5.32 Å². The molecule has 0 heterocycles. The van der Waals surface area contributed by atoms with Crippen LogP contribution in [-0.2, 0) is 4.74 Å². The Hall–Kier alpha value is -0.0800. The third-order valence-corrected chi connectivity index (χ3v) is 2.25. The molecule has 0 amide bonds. The molecular formula is C11H25NO. The molecule has 0 aromatic rings. The van der Waals surface area contributed by atoms with Gasteiger partial charge in [0.15, 0.2) is 0 Å². The second-order valence-electron chi connectivity index (χ2n) is 4.29. The Kier molecular flexibility index (Phi) is 7.29. The van der Waals surface area contributed by atoms with Crippen molar-refractivity contribution in [2.24, 2.45) is 5.92 Å². The van der Waals surface area contributed by atoms with Gasteiger partial charge in [-0.05, 0) is 39.7 Å². The fourth-order valence-electron chi connectivity index (χ4n) is 1.32. The molecule has 2 heteroatoms. The van der Waals surface area contributed by atoms with E-state index in [4.69, 9.17) is 4.74 Å². The van der Waals surface area contributed by atoms with Crippen LogP contribution in [0.25, 0.3) is 0 Å². The van der Waals surface area contributed by atoms with Gasteiger partial charge in [0.1, 0.15) is 0 Å². The molecule has 0 fully saturated rings. The van der Waals surface area contributed by atoms with Gasteiger partial charge in [-0.25, -0.2) is 0 Å². The Balaban J connectivity index is 3.31. The molecule has 0 aliphatic heterocycles. The highest BCUT2D eigenvalue weighted by atomic mass is 16.5. The molecule has 2 atom stereocenters. The van der Waals surface area contributed by atoms with Crippen molar-refractivity contribution < 1.29 is 4.74 Å². The molecule has 0 aliphatic rings. The second-order valence-corrected chi connectivity index (χ2v) is 4.29. The van der Waals surface area contributed by atoms with Gasteiger partial charge in [0, 0.05) is 12.6 Å². The molecule has 0 saturated heterocycles. The van der Waals surface area contributed by atoms with Crippen molar-refractivity contribution >= 4 is 0 Å². The molecule has 0 radical (unpaired) electrons. The quantitative estimate of drug-likeness (QED) is 0.661.